The van der Waals surface area contributed by atoms with E-state index in [1.165, 1.54) is 13.0 Å². The third-order valence-corrected chi connectivity index (χ3v) is 4.32. The van der Waals surface area contributed by atoms with Crippen LogP contribution in [0.5, 0.6) is 0 Å². The van der Waals surface area contributed by atoms with Gasteiger partial charge in [-0.1, -0.05) is 12.1 Å². The number of nitrogens with zero attached hydrogens (tertiary/aromatic N) is 4. The van der Waals surface area contributed by atoms with Crippen LogP contribution in [0.1, 0.15) is 41.6 Å². The molecular weight excluding hydrogens is 358 g/mol. The number of carbonyl (C=O) groups is 2. The van der Waals surface area contributed by atoms with E-state index >= 15 is 0 Å². The molecule has 0 saturated heterocycles. The van der Waals surface area contributed by atoms with Crippen molar-refractivity contribution in [3.8, 4) is 5.82 Å². The van der Waals surface area contributed by atoms with Gasteiger partial charge < -0.3 is 5.32 Å². The van der Waals surface area contributed by atoms with E-state index in [0.717, 1.165) is 16.1 Å². The quantitative estimate of drug-likeness (QED) is 0.687. The van der Waals surface area contributed by atoms with Crippen molar-refractivity contribution in [2.24, 2.45) is 0 Å². The number of carbonyl (C=O) groups excluding carboxylic acids is 2. The van der Waals surface area contributed by atoms with Gasteiger partial charge in [-0.15, -0.1) is 5.10 Å². The number of nitrogens with one attached hydrogen (secondary N) is 1. The summed E-state index contributed by atoms with van der Waals surface area (Å²) in [5.41, 5.74) is 2.27. The summed E-state index contributed by atoms with van der Waals surface area (Å²) in [7, 11) is 0. The number of Topliss-reactive ketones (excluding diaryl/α,β-unsaturated/α-hetero) is 1. The molecule has 1 amide bonds. The second kappa shape index (κ2) is 7.59. The summed E-state index contributed by atoms with van der Waals surface area (Å²) in [6, 6.07) is 10.6. The zero-order chi connectivity index (χ0) is 20.4. The van der Waals surface area contributed by atoms with E-state index in [0.29, 0.717) is 17.1 Å². The Morgan fingerprint density at radius 3 is 2.46 bits per heavy atom. The van der Waals surface area contributed by atoms with Gasteiger partial charge in [0, 0.05) is 23.0 Å². The van der Waals surface area contributed by atoms with Gasteiger partial charge in [-0.05, 0) is 52.0 Å². The van der Waals surface area contributed by atoms with Crippen LogP contribution < -0.4 is 10.9 Å². The molecule has 0 aliphatic rings. The monoisotopic (exact) mass is 379 g/mol. The first-order valence-electron chi connectivity index (χ1n) is 8.81. The van der Waals surface area contributed by atoms with Gasteiger partial charge >= 0.3 is 0 Å². The molecule has 1 atom stereocenters. The van der Waals surface area contributed by atoms with Gasteiger partial charge in [0.05, 0.1) is 5.69 Å². The third-order valence-electron chi connectivity index (χ3n) is 4.32. The third kappa shape index (κ3) is 3.90. The van der Waals surface area contributed by atoms with Crippen molar-refractivity contribution in [1.29, 1.82) is 0 Å². The van der Waals surface area contributed by atoms with Crippen LogP contribution in [0.4, 0.5) is 5.69 Å². The van der Waals surface area contributed by atoms with Crippen molar-refractivity contribution < 1.29 is 9.59 Å². The molecule has 8 heteroatoms. The lowest BCUT2D eigenvalue weighted by atomic mass is 10.1. The molecule has 8 nitrogen and oxygen atoms in total. The Bertz CT molecular complexity index is 1110. The summed E-state index contributed by atoms with van der Waals surface area (Å²) in [6.45, 7) is 6.79. The lowest BCUT2D eigenvalue weighted by Crippen LogP contribution is -2.33. The van der Waals surface area contributed by atoms with Crippen molar-refractivity contribution in [3.05, 3.63) is 69.8 Å². The average Bonchev–Trinajstić information content (AvgIpc) is 3.00. The Hall–Kier alpha value is -3.55. The molecule has 2 aromatic heterocycles. The van der Waals surface area contributed by atoms with Gasteiger partial charge in [0.1, 0.15) is 6.04 Å². The normalized spacial score (nSPS) is 11.9. The summed E-state index contributed by atoms with van der Waals surface area (Å²) < 4.78 is 2.74. The number of aryl methyl sites for hydroxylation is 2. The van der Waals surface area contributed by atoms with E-state index in [9.17, 15) is 14.4 Å². The number of amides is 1. The summed E-state index contributed by atoms with van der Waals surface area (Å²) in [5, 5.41) is 11.4. The fraction of sp³-hybridized carbons (Fsp3) is 0.250. The molecule has 0 aliphatic heterocycles. The van der Waals surface area contributed by atoms with E-state index in [-0.39, 0.29) is 5.78 Å². The van der Waals surface area contributed by atoms with Gasteiger partial charge in [-0.3, -0.25) is 14.4 Å². The van der Waals surface area contributed by atoms with Gasteiger partial charge in [0.15, 0.2) is 11.6 Å². The molecule has 3 aromatic rings. The summed E-state index contributed by atoms with van der Waals surface area (Å²) in [5.74, 6) is -0.0659. The van der Waals surface area contributed by atoms with Crippen molar-refractivity contribution in [3.63, 3.8) is 0 Å². The molecule has 144 valence electrons. The van der Waals surface area contributed by atoms with E-state index in [2.05, 4.69) is 15.5 Å². The first-order chi connectivity index (χ1) is 13.3. The predicted octanol–water partition coefficient (Wildman–Crippen LogP) is 2.45. The molecule has 2 heterocycles. The molecule has 1 aromatic carbocycles. The van der Waals surface area contributed by atoms with E-state index in [1.807, 2.05) is 19.9 Å². The van der Waals surface area contributed by atoms with Crippen molar-refractivity contribution in [1.82, 2.24) is 19.6 Å². The molecule has 0 aliphatic carbocycles. The Balaban J connectivity index is 1.88. The fourth-order valence-electron chi connectivity index (χ4n) is 2.84. The SMILES string of the molecule is CC(=O)c1cccc(NC(=O)[C@H](C)n2nc(-n3nc(C)cc3C)ccc2=O)c1. The van der Waals surface area contributed by atoms with Crippen LogP contribution in [0.2, 0.25) is 0 Å². The first kappa shape index (κ1) is 19.2. The van der Waals surface area contributed by atoms with E-state index in [4.69, 9.17) is 0 Å². The van der Waals surface area contributed by atoms with Crippen molar-refractivity contribution in [2.45, 2.75) is 33.7 Å². The lowest BCUT2D eigenvalue weighted by molar-refractivity contribution is -0.119. The molecule has 0 radical (unpaired) electrons. The molecule has 3 rings (SSSR count). The topological polar surface area (TPSA) is 98.9 Å². The Morgan fingerprint density at radius 1 is 1.07 bits per heavy atom. The molecule has 0 saturated carbocycles. The second-order valence-corrected chi connectivity index (χ2v) is 6.62. The molecule has 0 spiro atoms. The molecule has 0 fully saturated rings. The number of hydrogen-bond donors (Lipinski definition) is 1. The highest BCUT2D eigenvalue weighted by Crippen LogP contribution is 2.14. The maximum Gasteiger partial charge on any atom is 0.267 e. The summed E-state index contributed by atoms with van der Waals surface area (Å²) in [6.07, 6.45) is 0. The van der Waals surface area contributed by atoms with Gasteiger partial charge in [-0.25, -0.2) is 9.36 Å². The number of rotatable bonds is 5. The van der Waals surface area contributed by atoms with Crippen LogP contribution in [0.3, 0.4) is 0 Å². The zero-order valence-electron chi connectivity index (χ0n) is 16.1. The number of aromatic nitrogens is 4. The van der Waals surface area contributed by atoms with Gasteiger partial charge in [-0.2, -0.15) is 5.10 Å². The number of ketones is 1. The van der Waals surface area contributed by atoms with Gasteiger partial charge in [0.2, 0.25) is 5.91 Å². The number of hydrogen-bond acceptors (Lipinski definition) is 5. The van der Waals surface area contributed by atoms with Gasteiger partial charge in [0.25, 0.3) is 5.56 Å². The maximum absolute atomic E-state index is 12.6. The minimum atomic E-state index is -0.856. The maximum atomic E-state index is 12.6. The summed E-state index contributed by atoms with van der Waals surface area (Å²) >= 11 is 0. The van der Waals surface area contributed by atoms with Crippen LogP contribution in [0.25, 0.3) is 5.82 Å². The van der Waals surface area contributed by atoms with Crippen LogP contribution in [-0.2, 0) is 4.79 Å². The highest BCUT2D eigenvalue weighted by atomic mass is 16.2. The number of anilines is 1. The average molecular weight is 379 g/mol. The van der Waals surface area contributed by atoms with Crippen LogP contribution >= 0.6 is 0 Å². The predicted molar refractivity (Wildman–Crippen MR) is 105 cm³/mol. The molecule has 1 N–H and O–H groups in total. The summed E-state index contributed by atoms with van der Waals surface area (Å²) in [4.78, 5) is 36.4. The first-order valence-corrected chi connectivity index (χ1v) is 8.81. The lowest BCUT2D eigenvalue weighted by Gasteiger charge is -2.15. The highest BCUT2D eigenvalue weighted by molar-refractivity contribution is 5.97. The molecule has 28 heavy (non-hydrogen) atoms. The van der Waals surface area contributed by atoms with Crippen molar-refractivity contribution in [2.75, 3.05) is 5.32 Å². The zero-order valence-corrected chi connectivity index (χ0v) is 16.1. The Kier molecular flexibility index (Phi) is 5.21. The highest BCUT2D eigenvalue weighted by Gasteiger charge is 2.19. The minimum absolute atomic E-state index is 0.0976. The second-order valence-electron chi connectivity index (χ2n) is 6.62. The van der Waals surface area contributed by atoms with E-state index in [1.54, 1.807) is 41.9 Å². The number of benzene rings is 1. The Labute approximate surface area is 161 Å². The molecule has 0 unspecified atom stereocenters. The minimum Gasteiger partial charge on any atom is -0.324 e. The molecule has 0 bridgehead atoms. The Morgan fingerprint density at radius 2 is 1.82 bits per heavy atom. The van der Waals surface area contributed by atoms with Crippen LogP contribution in [-0.4, -0.2) is 31.3 Å². The largest absolute Gasteiger partial charge is 0.324 e. The fourth-order valence-corrected chi connectivity index (χ4v) is 2.84. The standard InChI is InChI=1S/C20H21N5O3/c1-12-10-13(2)24(22-12)18-8-9-19(27)25(23-18)14(3)20(28)21-17-7-5-6-16(11-17)15(4)26/h5-11,14H,1-4H3,(H,21,28)/t14-/m0/s1. The van der Waals surface area contributed by atoms with Crippen LogP contribution in [0.15, 0.2) is 47.3 Å². The van der Waals surface area contributed by atoms with E-state index < -0.39 is 17.5 Å². The molecular formula is C20H21N5O3. The van der Waals surface area contributed by atoms with Crippen molar-refractivity contribution >= 4 is 17.4 Å². The van der Waals surface area contributed by atoms with Crippen LogP contribution in [0, 0.1) is 13.8 Å². The smallest absolute Gasteiger partial charge is 0.267 e.